The summed E-state index contributed by atoms with van der Waals surface area (Å²) in [6.07, 6.45) is -1.06. The van der Waals surface area contributed by atoms with Crippen molar-refractivity contribution in [2.24, 2.45) is 0 Å². The van der Waals surface area contributed by atoms with E-state index in [9.17, 15) is 21.6 Å². The molecule has 1 aromatic rings. The lowest BCUT2D eigenvalue weighted by atomic mass is 10.1. The molecule has 0 unspecified atom stereocenters. The summed E-state index contributed by atoms with van der Waals surface area (Å²) in [7, 11) is -4.18. The van der Waals surface area contributed by atoms with Crippen LogP contribution >= 0.6 is 12.4 Å². The summed E-state index contributed by atoms with van der Waals surface area (Å²) < 4.78 is 66.2. The molecule has 0 aromatic heterocycles. The summed E-state index contributed by atoms with van der Waals surface area (Å²) >= 11 is 0. The fraction of sp³-hybridized carbons (Fsp3) is 0.600. The van der Waals surface area contributed by atoms with Crippen LogP contribution in [0.5, 0.6) is 0 Å². The summed E-state index contributed by atoms with van der Waals surface area (Å²) in [6, 6.07) is 4.61. The van der Waals surface area contributed by atoms with Crippen molar-refractivity contribution in [3.8, 4) is 0 Å². The van der Waals surface area contributed by atoms with Gasteiger partial charge in [0.2, 0.25) is 10.0 Å². The number of sulfonamides is 1. The van der Waals surface area contributed by atoms with E-state index in [2.05, 4.69) is 9.62 Å². The first kappa shape index (κ1) is 19.5. The van der Waals surface area contributed by atoms with E-state index in [0.29, 0.717) is 18.9 Å². The van der Waals surface area contributed by atoms with Gasteiger partial charge >= 0.3 is 6.18 Å². The predicted molar refractivity (Wildman–Crippen MR) is 86.6 cm³/mol. The third-order valence-corrected chi connectivity index (χ3v) is 5.98. The molecule has 3 rings (SSSR count). The molecule has 0 spiro atoms. The average Bonchev–Trinajstić information content (AvgIpc) is 3.31. The van der Waals surface area contributed by atoms with Gasteiger partial charge in [0.05, 0.1) is 10.5 Å². The largest absolute Gasteiger partial charge is 0.417 e. The monoisotopic (exact) mass is 384 g/mol. The molecule has 24 heavy (non-hydrogen) atoms. The van der Waals surface area contributed by atoms with Crippen molar-refractivity contribution in [3.05, 3.63) is 29.8 Å². The van der Waals surface area contributed by atoms with Gasteiger partial charge in [0.15, 0.2) is 0 Å². The van der Waals surface area contributed by atoms with Gasteiger partial charge in [-0.2, -0.15) is 13.2 Å². The number of halogens is 4. The van der Waals surface area contributed by atoms with E-state index in [4.69, 9.17) is 0 Å². The Bertz CT molecular complexity index is 670. The maximum atomic E-state index is 13.0. The zero-order chi connectivity index (χ0) is 16.7. The van der Waals surface area contributed by atoms with Crippen LogP contribution < -0.4 is 4.72 Å². The number of likely N-dealkylation sites (tertiary alicyclic amines) is 1. The highest BCUT2D eigenvalue weighted by atomic mass is 35.5. The molecule has 1 saturated carbocycles. The second kappa shape index (κ2) is 7.19. The summed E-state index contributed by atoms with van der Waals surface area (Å²) in [5.74, 6) is 0. The minimum atomic E-state index is -4.69. The molecule has 1 aliphatic carbocycles. The molecule has 2 aliphatic rings. The molecule has 136 valence electrons. The smallest absolute Gasteiger partial charge is 0.300 e. The number of nitrogens with zero attached hydrogens (tertiary/aromatic N) is 1. The van der Waals surface area contributed by atoms with Crippen LogP contribution in [0, 0.1) is 0 Å². The Labute approximate surface area is 145 Å². The second-order valence-electron chi connectivity index (χ2n) is 6.16. The van der Waals surface area contributed by atoms with Gasteiger partial charge in [-0.1, -0.05) is 12.1 Å². The topological polar surface area (TPSA) is 49.4 Å². The van der Waals surface area contributed by atoms with Gasteiger partial charge in [0.1, 0.15) is 0 Å². The van der Waals surface area contributed by atoms with Crippen LogP contribution in [0.25, 0.3) is 0 Å². The Kier molecular flexibility index (Phi) is 5.84. The fourth-order valence-electron chi connectivity index (χ4n) is 3.04. The molecular formula is C15H20ClF3N2O2S. The average molecular weight is 385 g/mol. The SMILES string of the molecule is Cl.O=S(=O)(NC1CCN(C2CC2)CC1)c1ccccc1C(F)(F)F. The van der Waals surface area contributed by atoms with Crippen LogP contribution in [0.3, 0.4) is 0 Å². The summed E-state index contributed by atoms with van der Waals surface area (Å²) in [4.78, 5) is 1.63. The summed E-state index contributed by atoms with van der Waals surface area (Å²) in [5.41, 5.74) is -1.12. The van der Waals surface area contributed by atoms with Crippen LogP contribution in [0.1, 0.15) is 31.2 Å². The molecule has 4 nitrogen and oxygen atoms in total. The molecule has 1 saturated heterocycles. The zero-order valence-corrected chi connectivity index (χ0v) is 14.6. The Morgan fingerprint density at radius 1 is 1.04 bits per heavy atom. The molecular weight excluding hydrogens is 365 g/mol. The van der Waals surface area contributed by atoms with Crippen molar-refractivity contribution >= 4 is 22.4 Å². The van der Waals surface area contributed by atoms with Crippen LogP contribution in [0.4, 0.5) is 13.2 Å². The second-order valence-corrected chi connectivity index (χ2v) is 7.84. The summed E-state index contributed by atoms with van der Waals surface area (Å²) in [6.45, 7) is 1.58. The van der Waals surface area contributed by atoms with Crippen LogP contribution in [0.2, 0.25) is 0 Å². The van der Waals surface area contributed by atoms with Gasteiger partial charge in [-0.15, -0.1) is 12.4 Å². The van der Waals surface area contributed by atoms with E-state index in [1.165, 1.54) is 25.0 Å². The first-order valence-corrected chi connectivity index (χ1v) is 9.18. The van der Waals surface area contributed by atoms with Gasteiger partial charge in [0, 0.05) is 12.1 Å². The molecule has 1 heterocycles. The Balaban J connectivity index is 0.00000208. The fourth-order valence-corrected chi connectivity index (χ4v) is 4.57. The van der Waals surface area contributed by atoms with Crippen LogP contribution in [0.15, 0.2) is 29.2 Å². The lowest BCUT2D eigenvalue weighted by Gasteiger charge is -2.32. The molecule has 0 amide bonds. The molecule has 1 aliphatic heterocycles. The third kappa shape index (κ3) is 4.41. The normalized spacial score (nSPS) is 20.6. The first-order valence-electron chi connectivity index (χ1n) is 7.70. The molecule has 0 atom stereocenters. The lowest BCUT2D eigenvalue weighted by molar-refractivity contribution is -0.139. The quantitative estimate of drug-likeness (QED) is 0.868. The van der Waals surface area contributed by atoms with Gasteiger partial charge < -0.3 is 4.90 Å². The number of alkyl halides is 3. The van der Waals surface area contributed by atoms with Gasteiger partial charge in [-0.3, -0.25) is 0 Å². The van der Waals surface area contributed by atoms with Crippen molar-refractivity contribution in [1.29, 1.82) is 0 Å². The van der Waals surface area contributed by atoms with Gasteiger partial charge in [-0.05, 0) is 50.9 Å². The number of piperidine rings is 1. The van der Waals surface area contributed by atoms with E-state index in [0.717, 1.165) is 25.2 Å². The molecule has 1 aromatic carbocycles. The third-order valence-electron chi connectivity index (χ3n) is 4.40. The summed E-state index contributed by atoms with van der Waals surface area (Å²) in [5, 5.41) is 0. The van der Waals surface area contributed by atoms with Crippen molar-refractivity contribution in [2.45, 2.75) is 48.8 Å². The van der Waals surface area contributed by atoms with E-state index in [-0.39, 0.29) is 18.4 Å². The number of hydrogen-bond donors (Lipinski definition) is 1. The van der Waals surface area contributed by atoms with Crippen LogP contribution in [-0.2, 0) is 16.2 Å². The van der Waals surface area contributed by atoms with E-state index >= 15 is 0 Å². The first-order chi connectivity index (χ1) is 10.8. The van der Waals surface area contributed by atoms with Crippen molar-refractivity contribution in [3.63, 3.8) is 0 Å². The maximum absolute atomic E-state index is 13.0. The van der Waals surface area contributed by atoms with Crippen molar-refractivity contribution < 1.29 is 21.6 Å². The van der Waals surface area contributed by atoms with E-state index < -0.39 is 26.7 Å². The Morgan fingerprint density at radius 3 is 2.17 bits per heavy atom. The minimum absolute atomic E-state index is 0. The highest BCUT2D eigenvalue weighted by Crippen LogP contribution is 2.34. The van der Waals surface area contributed by atoms with Crippen LogP contribution in [-0.4, -0.2) is 38.5 Å². The minimum Gasteiger partial charge on any atom is -0.300 e. The molecule has 1 N–H and O–H groups in total. The molecule has 2 fully saturated rings. The lowest BCUT2D eigenvalue weighted by Crippen LogP contribution is -2.45. The molecule has 9 heteroatoms. The Morgan fingerprint density at radius 2 is 1.62 bits per heavy atom. The molecule has 0 radical (unpaired) electrons. The zero-order valence-electron chi connectivity index (χ0n) is 12.9. The predicted octanol–water partition coefficient (Wildman–Crippen LogP) is 3.03. The highest BCUT2D eigenvalue weighted by Gasteiger charge is 2.38. The number of benzene rings is 1. The Hall–Kier alpha value is -0.830. The van der Waals surface area contributed by atoms with Gasteiger partial charge in [0.25, 0.3) is 0 Å². The van der Waals surface area contributed by atoms with Gasteiger partial charge in [-0.25, -0.2) is 13.1 Å². The number of hydrogen-bond acceptors (Lipinski definition) is 3. The van der Waals surface area contributed by atoms with E-state index in [1.54, 1.807) is 0 Å². The maximum Gasteiger partial charge on any atom is 0.417 e. The van der Waals surface area contributed by atoms with E-state index in [1.807, 2.05) is 0 Å². The van der Waals surface area contributed by atoms with Crippen molar-refractivity contribution in [1.82, 2.24) is 9.62 Å². The highest BCUT2D eigenvalue weighted by molar-refractivity contribution is 7.89. The van der Waals surface area contributed by atoms with Crippen molar-refractivity contribution in [2.75, 3.05) is 13.1 Å². The molecule has 0 bridgehead atoms. The number of rotatable bonds is 4. The number of nitrogens with one attached hydrogen (secondary N) is 1. The standard InChI is InChI=1S/C15H19F3N2O2S.ClH/c16-15(17,18)13-3-1-2-4-14(13)23(21,22)19-11-7-9-20(10-8-11)12-5-6-12;/h1-4,11-12,19H,5-10H2;1H.